The van der Waals surface area contributed by atoms with Crippen LogP contribution in [0.15, 0.2) is 334 Å². The number of hydrogen-bond acceptors (Lipinski definition) is 13. The highest BCUT2D eigenvalue weighted by molar-refractivity contribution is 5.92. The van der Waals surface area contributed by atoms with E-state index in [0.717, 1.165) is 145 Å². The zero-order chi connectivity index (χ0) is 66.6. The predicted octanol–water partition coefficient (Wildman–Crippen LogP) is 20.1. The molecule has 0 bridgehead atoms. The van der Waals surface area contributed by atoms with Crippen LogP contribution in [0.1, 0.15) is 0 Å². The Kier molecular flexibility index (Phi) is 16.0. The molecule has 18 rings (SSSR count). The Morgan fingerprint density at radius 2 is 0.400 bits per heavy atom. The lowest BCUT2D eigenvalue weighted by Crippen LogP contribution is -2.00. The SMILES string of the molecule is c1ccc(-c2cc(-c3ccc(-c4ccc5ccc(-c6ccc7ccc(-c8ncccn8)nc7c6)nc5c4)cc3)nc(-c3ccccc3)n2)cc1.c1ccc(-c2nc(-c3ccccc3)nc(-c3ccc(-c4ccc5ccc(-c6ccc7ccc(-c8ncccn8)nc7c6)nc5c4)cc3)n2)cc1. The Bertz CT molecular complexity index is 5510. The smallest absolute Gasteiger partial charge is 0.178 e. The van der Waals surface area contributed by atoms with E-state index in [1.54, 1.807) is 36.9 Å². The largest absolute Gasteiger partial charge is 0.248 e. The van der Waals surface area contributed by atoms with Crippen LogP contribution in [-0.2, 0) is 0 Å². The third kappa shape index (κ3) is 12.7. The molecule has 13 nitrogen and oxygen atoms in total. The summed E-state index contributed by atoms with van der Waals surface area (Å²) in [6.45, 7) is 0. The lowest BCUT2D eigenvalue weighted by atomic mass is 10.00. The molecular formula is C87H55N13. The minimum absolute atomic E-state index is 0.603. The van der Waals surface area contributed by atoms with Gasteiger partial charge in [-0.25, -0.2) is 64.8 Å². The average Bonchev–Trinajstić information content (AvgIpc) is 0.799. The van der Waals surface area contributed by atoms with Gasteiger partial charge in [-0.2, -0.15) is 0 Å². The van der Waals surface area contributed by atoms with Crippen molar-refractivity contribution in [2.45, 2.75) is 0 Å². The fourth-order valence-corrected chi connectivity index (χ4v) is 12.2. The van der Waals surface area contributed by atoms with Crippen molar-refractivity contribution in [3.05, 3.63) is 334 Å². The van der Waals surface area contributed by atoms with Crippen LogP contribution in [0.5, 0.6) is 0 Å². The van der Waals surface area contributed by atoms with Crippen molar-refractivity contribution in [3.8, 4) is 136 Å². The third-order valence-electron chi connectivity index (χ3n) is 17.5. The minimum Gasteiger partial charge on any atom is -0.248 e. The van der Waals surface area contributed by atoms with Gasteiger partial charge >= 0.3 is 0 Å². The highest BCUT2D eigenvalue weighted by Crippen LogP contribution is 2.35. The first-order valence-corrected chi connectivity index (χ1v) is 32.7. The molecule has 8 aromatic heterocycles. The van der Waals surface area contributed by atoms with Gasteiger partial charge in [-0.15, -0.1) is 0 Å². The highest BCUT2D eigenvalue weighted by atomic mass is 15.0. The molecule has 0 aliphatic heterocycles. The van der Waals surface area contributed by atoms with Crippen molar-refractivity contribution in [3.63, 3.8) is 0 Å². The number of nitrogens with zero attached hydrogens (tertiary/aromatic N) is 13. The normalized spacial score (nSPS) is 11.2. The number of fused-ring (bicyclic) bond motifs is 4. The summed E-state index contributed by atoms with van der Waals surface area (Å²) in [6.07, 6.45) is 6.91. The van der Waals surface area contributed by atoms with Crippen LogP contribution in [0, 0.1) is 0 Å². The second kappa shape index (κ2) is 26.7. The molecule has 100 heavy (non-hydrogen) atoms. The molecule has 0 amide bonds. The first-order chi connectivity index (χ1) is 49.5. The summed E-state index contributed by atoms with van der Waals surface area (Å²) in [7, 11) is 0. The van der Waals surface area contributed by atoms with Crippen molar-refractivity contribution >= 4 is 43.6 Å². The molecule has 468 valence electrons. The van der Waals surface area contributed by atoms with E-state index in [0.29, 0.717) is 34.9 Å². The quantitative estimate of drug-likeness (QED) is 0.113. The molecule has 0 atom stereocenters. The summed E-state index contributed by atoms with van der Waals surface area (Å²) in [6, 6.07) is 105. The van der Waals surface area contributed by atoms with E-state index >= 15 is 0 Å². The maximum atomic E-state index is 5.09. The van der Waals surface area contributed by atoms with Gasteiger partial charge in [0, 0.05) is 90.8 Å². The minimum atomic E-state index is 0.603. The molecule has 0 saturated heterocycles. The molecular weight excluding hydrogens is 1230 g/mol. The van der Waals surface area contributed by atoms with Gasteiger partial charge in [-0.3, -0.25) is 0 Å². The van der Waals surface area contributed by atoms with Gasteiger partial charge in [0.15, 0.2) is 34.9 Å². The van der Waals surface area contributed by atoms with E-state index in [-0.39, 0.29) is 0 Å². The second-order valence-electron chi connectivity index (χ2n) is 23.9. The lowest BCUT2D eigenvalue weighted by Gasteiger charge is -2.10. The zero-order valence-corrected chi connectivity index (χ0v) is 53.6. The van der Waals surface area contributed by atoms with Crippen LogP contribution in [-0.4, -0.2) is 64.8 Å². The zero-order valence-electron chi connectivity index (χ0n) is 53.6. The van der Waals surface area contributed by atoms with Crippen molar-refractivity contribution in [1.82, 2.24) is 64.8 Å². The van der Waals surface area contributed by atoms with E-state index in [1.165, 1.54) is 0 Å². The molecule has 0 aliphatic rings. The Balaban J connectivity index is 0.000000150. The van der Waals surface area contributed by atoms with Crippen LogP contribution in [0.2, 0.25) is 0 Å². The van der Waals surface area contributed by atoms with Crippen LogP contribution in [0.25, 0.3) is 179 Å². The van der Waals surface area contributed by atoms with E-state index in [2.05, 4.69) is 190 Å². The van der Waals surface area contributed by atoms with E-state index in [9.17, 15) is 0 Å². The van der Waals surface area contributed by atoms with Gasteiger partial charge in [0.2, 0.25) is 0 Å². The van der Waals surface area contributed by atoms with Gasteiger partial charge in [0.05, 0.1) is 44.8 Å². The first kappa shape index (κ1) is 59.8. The summed E-state index contributed by atoms with van der Waals surface area (Å²) in [4.78, 5) is 61.8. The first-order valence-electron chi connectivity index (χ1n) is 32.7. The number of hydrogen-bond donors (Lipinski definition) is 0. The molecule has 0 radical (unpaired) electrons. The highest BCUT2D eigenvalue weighted by Gasteiger charge is 2.16. The number of aromatic nitrogens is 13. The number of rotatable bonds is 12. The molecule has 0 unspecified atom stereocenters. The van der Waals surface area contributed by atoms with E-state index < -0.39 is 0 Å². The van der Waals surface area contributed by atoms with Crippen molar-refractivity contribution in [2.24, 2.45) is 0 Å². The predicted molar refractivity (Wildman–Crippen MR) is 399 cm³/mol. The fraction of sp³-hybridized carbons (Fsp3) is 0. The summed E-state index contributed by atoms with van der Waals surface area (Å²) in [5.74, 6) is 3.82. The monoisotopic (exact) mass is 1280 g/mol. The van der Waals surface area contributed by atoms with Crippen molar-refractivity contribution < 1.29 is 0 Å². The van der Waals surface area contributed by atoms with E-state index in [1.807, 2.05) is 127 Å². The van der Waals surface area contributed by atoms with Crippen molar-refractivity contribution in [2.75, 3.05) is 0 Å². The van der Waals surface area contributed by atoms with Gasteiger partial charge in [0.25, 0.3) is 0 Å². The Morgan fingerprint density at radius 1 is 0.140 bits per heavy atom. The van der Waals surface area contributed by atoms with Crippen molar-refractivity contribution in [1.29, 1.82) is 0 Å². The Labute approximate surface area is 575 Å². The summed E-state index contributed by atoms with van der Waals surface area (Å²) >= 11 is 0. The van der Waals surface area contributed by atoms with Gasteiger partial charge in [0.1, 0.15) is 11.4 Å². The molecule has 0 saturated carbocycles. The molecule has 0 fully saturated rings. The lowest BCUT2D eigenvalue weighted by molar-refractivity contribution is 1.07. The van der Waals surface area contributed by atoms with Crippen LogP contribution in [0.4, 0.5) is 0 Å². The topological polar surface area (TPSA) is 168 Å². The number of benzene rings is 10. The molecule has 0 spiro atoms. The molecule has 8 heterocycles. The fourth-order valence-electron chi connectivity index (χ4n) is 12.2. The molecule has 10 aromatic carbocycles. The summed E-state index contributed by atoms with van der Waals surface area (Å²) in [5.41, 5.74) is 20.8. The summed E-state index contributed by atoms with van der Waals surface area (Å²) < 4.78 is 0. The van der Waals surface area contributed by atoms with Crippen LogP contribution >= 0.6 is 0 Å². The average molecular weight is 1280 g/mol. The van der Waals surface area contributed by atoms with Gasteiger partial charge < -0.3 is 0 Å². The maximum absolute atomic E-state index is 5.09. The molecule has 13 heteroatoms. The number of pyridine rings is 4. The summed E-state index contributed by atoms with van der Waals surface area (Å²) in [5, 5.41) is 4.25. The molecule has 0 aliphatic carbocycles. The Hall–Kier alpha value is -13.9. The third-order valence-corrected chi connectivity index (χ3v) is 17.5. The Morgan fingerprint density at radius 3 is 0.780 bits per heavy atom. The van der Waals surface area contributed by atoms with Gasteiger partial charge in [-0.05, 0) is 89.0 Å². The van der Waals surface area contributed by atoms with Crippen LogP contribution < -0.4 is 0 Å². The standard InChI is InChI=1S/C44H28N6.C43H27N7/c1-3-8-30(9-4-1)41-28-42(50-43(49-41)34-10-5-2-6-11-34)31-14-12-29(13-15-31)35-18-16-32-20-22-37(47-39(32)26-35)36-19-17-33-21-23-38(48-40(33)27-36)44-45-24-7-25-46-44;1-3-8-31(9-4-1)40-48-41(32-10-5-2-6-11-32)50-42(49-40)33-16-12-28(13-17-33)34-18-14-29-20-22-36(46-38(29)26-34)35-19-15-30-21-23-37(47-39(30)27-35)43-44-24-7-25-45-43/h1-28H;1-27H. The molecule has 18 aromatic rings. The molecule has 0 N–H and O–H groups in total. The maximum Gasteiger partial charge on any atom is 0.178 e. The second-order valence-corrected chi connectivity index (χ2v) is 23.9. The van der Waals surface area contributed by atoms with Gasteiger partial charge in [-0.1, -0.05) is 243 Å². The van der Waals surface area contributed by atoms with Crippen LogP contribution in [0.3, 0.4) is 0 Å². The van der Waals surface area contributed by atoms with E-state index in [4.69, 9.17) is 44.9 Å².